The molecule has 0 fully saturated rings. The second kappa shape index (κ2) is 5.29. The van der Waals surface area contributed by atoms with E-state index in [1.165, 1.54) is 12.1 Å². The maximum Gasteiger partial charge on any atom is 0.313 e. The van der Waals surface area contributed by atoms with Crippen molar-refractivity contribution in [1.29, 1.82) is 0 Å². The van der Waals surface area contributed by atoms with Gasteiger partial charge in [0.1, 0.15) is 11.4 Å². The van der Waals surface area contributed by atoms with Gasteiger partial charge in [-0.2, -0.15) is 0 Å². The van der Waals surface area contributed by atoms with Crippen molar-refractivity contribution in [2.45, 2.75) is 46.3 Å². The average Bonchev–Trinajstić information content (AvgIpc) is 2.26. The van der Waals surface area contributed by atoms with Crippen LogP contribution in [0.4, 0.5) is 4.39 Å². The van der Waals surface area contributed by atoms with Crippen molar-refractivity contribution in [3.8, 4) is 0 Å². The standard InChI is InChI=1S/C15H22FNO2/c1-14(2,3)19-13(18)15(4,5)12(17)10-6-8-11(16)9-7-10/h6-9,12H,17H2,1-5H3/t12-/m1/s1. The summed E-state index contributed by atoms with van der Waals surface area (Å²) in [6.45, 7) is 8.89. The maximum absolute atomic E-state index is 12.9. The molecule has 1 rings (SSSR count). The third-order valence-corrected chi connectivity index (χ3v) is 2.93. The molecule has 0 bridgehead atoms. The minimum atomic E-state index is -0.884. The second-order valence-corrected chi connectivity index (χ2v) is 6.25. The predicted molar refractivity (Wildman–Crippen MR) is 73.0 cm³/mol. The number of carbonyl (C=O) groups is 1. The number of esters is 1. The lowest BCUT2D eigenvalue weighted by Crippen LogP contribution is -2.41. The Labute approximate surface area is 113 Å². The molecule has 0 amide bonds. The van der Waals surface area contributed by atoms with Gasteiger partial charge in [-0.3, -0.25) is 4.79 Å². The second-order valence-electron chi connectivity index (χ2n) is 6.25. The number of hydrogen-bond acceptors (Lipinski definition) is 3. The summed E-state index contributed by atoms with van der Waals surface area (Å²) in [5.41, 5.74) is 5.38. The van der Waals surface area contributed by atoms with Crippen molar-refractivity contribution in [3.05, 3.63) is 35.6 Å². The van der Waals surface area contributed by atoms with Crippen molar-refractivity contribution >= 4 is 5.97 Å². The highest BCUT2D eigenvalue weighted by Crippen LogP contribution is 2.33. The Morgan fingerprint density at radius 2 is 1.63 bits per heavy atom. The molecule has 0 unspecified atom stereocenters. The number of ether oxygens (including phenoxy) is 1. The summed E-state index contributed by atoms with van der Waals surface area (Å²) in [5, 5.41) is 0. The summed E-state index contributed by atoms with van der Waals surface area (Å²) in [4.78, 5) is 12.2. The van der Waals surface area contributed by atoms with Gasteiger partial charge in [-0.05, 0) is 52.3 Å². The van der Waals surface area contributed by atoms with Gasteiger partial charge in [0.05, 0.1) is 5.41 Å². The average molecular weight is 267 g/mol. The van der Waals surface area contributed by atoms with E-state index in [0.717, 1.165) is 0 Å². The minimum Gasteiger partial charge on any atom is -0.460 e. The van der Waals surface area contributed by atoms with Crippen LogP contribution in [0.25, 0.3) is 0 Å². The molecule has 0 heterocycles. The molecule has 19 heavy (non-hydrogen) atoms. The first kappa shape index (κ1) is 15.6. The smallest absolute Gasteiger partial charge is 0.313 e. The van der Waals surface area contributed by atoms with E-state index in [1.807, 2.05) is 20.8 Å². The fourth-order valence-electron chi connectivity index (χ4n) is 1.62. The summed E-state index contributed by atoms with van der Waals surface area (Å²) in [6.07, 6.45) is 0. The minimum absolute atomic E-state index is 0.328. The van der Waals surface area contributed by atoms with Crippen molar-refractivity contribution in [2.75, 3.05) is 0 Å². The van der Waals surface area contributed by atoms with Gasteiger partial charge >= 0.3 is 5.97 Å². The number of benzene rings is 1. The third kappa shape index (κ3) is 4.03. The summed E-state index contributed by atoms with van der Waals surface area (Å²) in [5.74, 6) is -0.692. The van der Waals surface area contributed by atoms with Gasteiger partial charge in [-0.15, -0.1) is 0 Å². The van der Waals surface area contributed by atoms with Crippen LogP contribution in [0.2, 0.25) is 0 Å². The molecule has 4 heteroatoms. The van der Waals surface area contributed by atoms with E-state index in [9.17, 15) is 9.18 Å². The lowest BCUT2D eigenvalue weighted by atomic mass is 9.81. The van der Waals surface area contributed by atoms with E-state index in [4.69, 9.17) is 10.5 Å². The molecule has 0 aliphatic carbocycles. The van der Waals surface area contributed by atoms with Crippen LogP contribution in [-0.4, -0.2) is 11.6 Å². The normalized spacial score (nSPS) is 14.1. The molecule has 2 N–H and O–H groups in total. The molecule has 0 saturated heterocycles. The Bertz CT molecular complexity index is 446. The zero-order valence-corrected chi connectivity index (χ0v) is 12.2. The summed E-state index contributed by atoms with van der Waals surface area (Å²) < 4.78 is 18.3. The van der Waals surface area contributed by atoms with Gasteiger partial charge in [0, 0.05) is 6.04 Å². The van der Waals surface area contributed by atoms with Crippen molar-refractivity contribution in [3.63, 3.8) is 0 Å². The Balaban J connectivity index is 2.92. The Morgan fingerprint density at radius 1 is 1.16 bits per heavy atom. The van der Waals surface area contributed by atoms with E-state index in [1.54, 1.807) is 26.0 Å². The first-order chi connectivity index (χ1) is 8.54. The van der Waals surface area contributed by atoms with Crippen LogP contribution in [0.5, 0.6) is 0 Å². The van der Waals surface area contributed by atoms with Crippen molar-refractivity contribution < 1.29 is 13.9 Å². The van der Waals surface area contributed by atoms with Crippen LogP contribution in [0.15, 0.2) is 24.3 Å². The van der Waals surface area contributed by atoms with Crippen LogP contribution in [0.3, 0.4) is 0 Å². The Kier molecular flexibility index (Phi) is 4.35. The highest BCUT2D eigenvalue weighted by molar-refractivity contribution is 5.77. The van der Waals surface area contributed by atoms with E-state index < -0.39 is 17.1 Å². The zero-order chi connectivity index (χ0) is 14.8. The molecule has 3 nitrogen and oxygen atoms in total. The van der Waals surface area contributed by atoms with Gasteiger partial charge < -0.3 is 10.5 Å². The Hall–Kier alpha value is -1.42. The van der Waals surface area contributed by atoms with E-state index >= 15 is 0 Å². The van der Waals surface area contributed by atoms with Crippen LogP contribution >= 0.6 is 0 Å². The number of halogens is 1. The van der Waals surface area contributed by atoms with Gasteiger partial charge in [-0.25, -0.2) is 4.39 Å². The van der Waals surface area contributed by atoms with Crippen LogP contribution in [0, 0.1) is 11.2 Å². The Morgan fingerprint density at radius 3 is 2.05 bits per heavy atom. The highest BCUT2D eigenvalue weighted by Gasteiger charge is 2.38. The number of nitrogens with two attached hydrogens (primary N) is 1. The number of carbonyl (C=O) groups excluding carboxylic acids is 1. The van der Waals surface area contributed by atoms with Crippen LogP contribution < -0.4 is 5.73 Å². The van der Waals surface area contributed by atoms with Crippen molar-refractivity contribution in [2.24, 2.45) is 11.1 Å². The van der Waals surface area contributed by atoms with Crippen LogP contribution in [-0.2, 0) is 9.53 Å². The molecular formula is C15H22FNO2. The monoisotopic (exact) mass is 267 g/mol. The van der Waals surface area contributed by atoms with Crippen LogP contribution in [0.1, 0.15) is 46.2 Å². The fourth-order valence-corrected chi connectivity index (χ4v) is 1.62. The predicted octanol–water partition coefficient (Wildman–Crippen LogP) is 3.19. The summed E-state index contributed by atoms with van der Waals surface area (Å²) >= 11 is 0. The van der Waals surface area contributed by atoms with E-state index in [2.05, 4.69) is 0 Å². The fraction of sp³-hybridized carbons (Fsp3) is 0.533. The molecular weight excluding hydrogens is 245 g/mol. The molecule has 0 aliphatic rings. The lowest BCUT2D eigenvalue weighted by Gasteiger charge is -2.33. The maximum atomic E-state index is 12.9. The topological polar surface area (TPSA) is 52.3 Å². The molecule has 1 aromatic rings. The molecule has 0 aromatic heterocycles. The van der Waals surface area contributed by atoms with Gasteiger partial charge in [0.25, 0.3) is 0 Å². The number of rotatable bonds is 3. The van der Waals surface area contributed by atoms with Gasteiger partial charge in [-0.1, -0.05) is 12.1 Å². The van der Waals surface area contributed by atoms with E-state index in [0.29, 0.717) is 5.56 Å². The molecule has 0 saturated carbocycles. The molecule has 1 aromatic carbocycles. The molecule has 0 radical (unpaired) electrons. The number of hydrogen-bond donors (Lipinski definition) is 1. The molecule has 106 valence electrons. The van der Waals surface area contributed by atoms with Gasteiger partial charge in [0.15, 0.2) is 0 Å². The largest absolute Gasteiger partial charge is 0.460 e. The van der Waals surface area contributed by atoms with Crippen molar-refractivity contribution in [1.82, 2.24) is 0 Å². The SMILES string of the molecule is CC(C)(C)OC(=O)C(C)(C)[C@H](N)c1ccc(F)cc1. The summed E-state index contributed by atoms with van der Waals surface area (Å²) in [7, 11) is 0. The first-order valence-electron chi connectivity index (χ1n) is 6.28. The third-order valence-electron chi connectivity index (χ3n) is 2.93. The summed E-state index contributed by atoms with van der Waals surface area (Å²) in [6, 6.07) is 5.29. The molecule has 0 aliphatic heterocycles. The molecule has 1 atom stereocenters. The van der Waals surface area contributed by atoms with E-state index in [-0.39, 0.29) is 11.8 Å². The molecule has 0 spiro atoms. The zero-order valence-electron chi connectivity index (χ0n) is 12.2. The lowest BCUT2D eigenvalue weighted by molar-refractivity contribution is -0.167. The van der Waals surface area contributed by atoms with Gasteiger partial charge in [0.2, 0.25) is 0 Å². The first-order valence-corrected chi connectivity index (χ1v) is 6.28. The quantitative estimate of drug-likeness (QED) is 0.856. The highest BCUT2D eigenvalue weighted by atomic mass is 19.1.